The van der Waals surface area contributed by atoms with E-state index in [0.29, 0.717) is 12.5 Å². The number of likely N-dealkylation sites (N-methyl/N-ethyl adjacent to an activating group) is 1. The van der Waals surface area contributed by atoms with Gasteiger partial charge in [-0.2, -0.15) is 0 Å². The fourth-order valence-corrected chi connectivity index (χ4v) is 3.29. The van der Waals surface area contributed by atoms with E-state index in [1.165, 1.54) is 11.1 Å². The number of carbonyl (C=O) groups excluding carboxylic acids is 2. The van der Waals surface area contributed by atoms with Crippen molar-refractivity contribution in [2.24, 2.45) is 0 Å². The smallest absolute Gasteiger partial charge is 0.240 e. The van der Waals surface area contributed by atoms with Crippen LogP contribution < -0.4 is 5.32 Å². The Morgan fingerprint density at radius 1 is 1.22 bits per heavy atom. The minimum Gasteiger partial charge on any atom is -0.464 e. The largest absolute Gasteiger partial charge is 0.464 e. The van der Waals surface area contributed by atoms with Crippen LogP contribution >= 0.6 is 0 Å². The summed E-state index contributed by atoms with van der Waals surface area (Å²) < 4.78 is 5.68. The van der Waals surface area contributed by atoms with Crippen LogP contribution in [0.25, 0.3) is 11.0 Å². The summed E-state index contributed by atoms with van der Waals surface area (Å²) in [6.45, 7) is 14.6. The van der Waals surface area contributed by atoms with E-state index < -0.39 is 0 Å². The van der Waals surface area contributed by atoms with Crippen LogP contribution in [-0.2, 0) is 16.0 Å². The summed E-state index contributed by atoms with van der Waals surface area (Å²) in [7, 11) is 0. The van der Waals surface area contributed by atoms with Gasteiger partial charge in [0, 0.05) is 23.0 Å². The highest BCUT2D eigenvalue weighted by molar-refractivity contribution is 5.90. The monoisotopic (exact) mass is 372 g/mol. The maximum absolute atomic E-state index is 12.8. The normalized spacial score (nSPS) is 11.9. The number of amides is 2. The van der Waals surface area contributed by atoms with Crippen molar-refractivity contribution in [1.29, 1.82) is 0 Å². The lowest BCUT2D eigenvalue weighted by atomic mass is 9.95. The van der Waals surface area contributed by atoms with Crippen molar-refractivity contribution in [3.8, 4) is 0 Å². The van der Waals surface area contributed by atoms with Gasteiger partial charge >= 0.3 is 0 Å². The van der Waals surface area contributed by atoms with E-state index in [-0.39, 0.29) is 30.3 Å². The molecule has 0 aliphatic carbocycles. The zero-order valence-corrected chi connectivity index (χ0v) is 17.6. The summed E-state index contributed by atoms with van der Waals surface area (Å²) in [5, 5.41) is 3.88. The first kappa shape index (κ1) is 21.0. The molecule has 2 amide bonds. The molecule has 1 aromatic carbocycles. The van der Waals surface area contributed by atoms with E-state index >= 15 is 0 Å². The Kier molecular flexibility index (Phi) is 6.34. The molecule has 2 rings (SSSR count). The molecule has 0 aliphatic heterocycles. The first-order valence-electron chi connectivity index (χ1n) is 9.61. The third-order valence-corrected chi connectivity index (χ3v) is 4.59. The third kappa shape index (κ3) is 5.34. The van der Waals surface area contributed by atoms with Crippen molar-refractivity contribution in [3.05, 3.63) is 35.1 Å². The summed E-state index contributed by atoms with van der Waals surface area (Å²) in [6.07, 6.45) is 1.89. The van der Waals surface area contributed by atoms with E-state index in [2.05, 4.69) is 32.2 Å². The van der Waals surface area contributed by atoms with Crippen LogP contribution in [0, 0.1) is 6.92 Å². The van der Waals surface area contributed by atoms with Gasteiger partial charge in [0.05, 0.1) is 19.2 Å². The zero-order valence-electron chi connectivity index (χ0n) is 17.6. The van der Waals surface area contributed by atoms with Crippen molar-refractivity contribution in [2.45, 2.75) is 66.3 Å². The fraction of sp³-hybridized carbons (Fsp3) is 0.545. The molecule has 1 heterocycles. The molecular formula is C22H32N2O3. The number of hydrogen-bond donors (Lipinski definition) is 1. The van der Waals surface area contributed by atoms with Crippen LogP contribution in [0.15, 0.2) is 22.8 Å². The van der Waals surface area contributed by atoms with Crippen molar-refractivity contribution in [2.75, 3.05) is 13.1 Å². The highest BCUT2D eigenvalue weighted by Gasteiger charge is 2.21. The maximum atomic E-state index is 12.8. The van der Waals surface area contributed by atoms with Crippen molar-refractivity contribution < 1.29 is 14.0 Å². The van der Waals surface area contributed by atoms with Gasteiger partial charge < -0.3 is 14.6 Å². The van der Waals surface area contributed by atoms with E-state index in [9.17, 15) is 9.59 Å². The Labute approximate surface area is 162 Å². The number of benzene rings is 1. The molecular weight excluding hydrogens is 340 g/mol. The summed E-state index contributed by atoms with van der Waals surface area (Å²) in [5.41, 5.74) is 3.80. The number of nitrogens with one attached hydrogen (secondary N) is 1. The van der Waals surface area contributed by atoms with Crippen LogP contribution in [0.1, 0.15) is 64.2 Å². The van der Waals surface area contributed by atoms with Gasteiger partial charge in [-0.3, -0.25) is 9.59 Å². The van der Waals surface area contributed by atoms with Crippen LogP contribution in [0.5, 0.6) is 0 Å². The standard InChI is InChI=1S/C22H32N2O3/c1-8-24(12-20(25)23-22(5,6)7)21(26)10-16-13-27-19-9-15(4)17(14(2)3)11-18(16)19/h9,11,13-14H,8,10,12H2,1-7H3,(H,23,25). The molecule has 0 atom stereocenters. The summed E-state index contributed by atoms with van der Waals surface area (Å²) >= 11 is 0. The van der Waals surface area contributed by atoms with E-state index in [1.54, 1.807) is 11.2 Å². The van der Waals surface area contributed by atoms with E-state index in [1.807, 2.05) is 33.8 Å². The van der Waals surface area contributed by atoms with Crippen LogP contribution in [0.4, 0.5) is 0 Å². The number of aryl methyl sites for hydroxylation is 1. The predicted octanol–water partition coefficient (Wildman–Crippen LogP) is 4.17. The molecule has 0 unspecified atom stereocenters. The predicted molar refractivity (Wildman–Crippen MR) is 109 cm³/mol. The zero-order chi connectivity index (χ0) is 20.4. The van der Waals surface area contributed by atoms with Gasteiger partial charge in [-0.05, 0) is 63.8 Å². The van der Waals surface area contributed by atoms with Crippen molar-refractivity contribution in [3.63, 3.8) is 0 Å². The SMILES string of the molecule is CCN(CC(=O)NC(C)(C)C)C(=O)Cc1coc2cc(C)c(C(C)C)cc12. The highest BCUT2D eigenvalue weighted by atomic mass is 16.3. The Morgan fingerprint density at radius 2 is 1.89 bits per heavy atom. The molecule has 0 saturated heterocycles. The van der Waals surface area contributed by atoms with Gasteiger partial charge in [0.15, 0.2) is 0 Å². The molecule has 0 radical (unpaired) electrons. The molecule has 1 aromatic heterocycles. The van der Waals surface area contributed by atoms with Crippen molar-refractivity contribution >= 4 is 22.8 Å². The first-order chi connectivity index (χ1) is 12.5. The lowest BCUT2D eigenvalue weighted by Crippen LogP contribution is -2.47. The minimum atomic E-state index is -0.314. The molecule has 148 valence electrons. The van der Waals surface area contributed by atoms with Gasteiger partial charge in [-0.15, -0.1) is 0 Å². The Hall–Kier alpha value is -2.30. The summed E-state index contributed by atoms with van der Waals surface area (Å²) in [5.74, 6) is 0.185. The number of nitrogens with zero attached hydrogens (tertiary/aromatic N) is 1. The lowest BCUT2D eigenvalue weighted by molar-refractivity contribution is -0.135. The molecule has 27 heavy (non-hydrogen) atoms. The second-order valence-electron chi connectivity index (χ2n) is 8.50. The molecule has 0 bridgehead atoms. The van der Waals surface area contributed by atoms with Crippen LogP contribution in [-0.4, -0.2) is 35.3 Å². The quantitative estimate of drug-likeness (QED) is 0.828. The third-order valence-electron chi connectivity index (χ3n) is 4.59. The van der Waals surface area contributed by atoms with Crippen molar-refractivity contribution in [1.82, 2.24) is 10.2 Å². The van der Waals surface area contributed by atoms with Crippen LogP contribution in [0.3, 0.4) is 0 Å². The lowest BCUT2D eigenvalue weighted by Gasteiger charge is -2.25. The average molecular weight is 373 g/mol. The topological polar surface area (TPSA) is 62.6 Å². The molecule has 0 spiro atoms. The second kappa shape index (κ2) is 8.15. The molecule has 1 N–H and O–H groups in total. The number of carbonyl (C=O) groups is 2. The number of furan rings is 1. The summed E-state index contributed by atoms with van der Waals surface area (Å²) in [4.78, 5) is 26.5. The van der Waals surface area contributed by atoms with E-state index in [0.717, 1.165) is 16.5 Å². The highest BCUT2D eigenvalue weighted by Crippen LogP contribution is 2.29. The second-order valence-corrected chi connectivity index (χ2v) is 8.50. The average Bonchev–Trinajstić information content (AvgIpc) is 2.91. The van der Waals surface area contributed by atoms with Gasteiger partial charge in [-0.25, -0.2) is 0 Å². The Balaban J connectivity index is 2.18. The maximum Gasteiger partial charge on any atom is 0.240 e. The molecule has 0 fully saturated rings. The summed E-state index contributed by atoms with van der Waals surface area (Å²) in [6, 6.07) is 4.16. The number of rotatable bonds is 6. The molecule has 5 heteroatoms. The molecule has 0 saturated carbocycles. The van der Waals surface area contributed by atoms with Gasteiger partial charge in [0.1, 0.15) is 5.58 Å². The minimum absolute atomic E-state index is 0.0682. The molecule has 5 nitrogen and oxygen atoms in total. The molecule has 0 aliphatic rings. The van der Waals surface area contributed by atoms with Gasteiger partial charge in [-0.1, -0.05) is 13.8 Å². The van der Waals surface area contributed by atoms with E-state index in [4.69, 9.17) is 4.42 Å². The first-order valence-corrected chi connectivity index (χ1v) is 9.61. The van der Waals surface area contributed by atoms with Gasteiger partial charge in [0.2, 0.25) is 11.8 Å². The van der Waals surface area contributed by atoms with Gasteiger partial charge in [0.25, 0.3) is 0 Å². The Bertz CT molecular complexity index is 828. The Morgan fingerprint density at radius 3 is 2.44 bits per heavy atom. The van der Waals surface area contributed by atoms with Crippen LogP contribution in [0.2, 0.25) is 0 Å². The number of fused-ring (bicyclic) bond motifs is 1. The fourth-order valence-electron chi connectivity index (χ4n) is 3.29. The number of hydrogen-bond acceptors (Lipinski definition) is 3. The molecule has 2 aromatic rings.